The molecule has 0 fully saturated rings. The predicted molar refractivity (Wildman–Crippen MR) is 368 cm³/mol. The van der Waals surface area contributed by atoms with Gasteiger partial charge in [0.15, 0.2) is 12.2 Å². The molecule has 0 aromatic heterocycles. The summed E-state index contributed by atoms with van der Waals surface area (Å²) >= 11 is 0. The first-order valence-corrected chi connectivity index (χ1v) is 40.5. The lowest BCUT2D eigenvalue weighted by atomic mass is 10.0. The van der Waals surface area contributed by atoms with Gasteiger partial charge in [0.2, 0.25) is 0 Å². The maximum Gasteiger partial charge on any atom is 0.472 e. The van der Waals surface area contributed by atoms with Crippen molar-refractivity contribution in [1.82, 2.24) is 0 Å². The van der Waals surface area contributed by atoms with Gasteiger partial charge in [-0.25, -0.2) is 9.13 Å². The lowest BCUT2D eigenvalue weighted by molar-refractivity contribution is -0.161. The van der Waals surface area contributed by atoms with Crippen LogP contribution >= 0.6 is 15.6 Å². The second-order valence-electron chi connectivity index (χ2n) is 26.9. The number of unbranched alkanes of at least 4 members (excludes halogenated alkanes) is 41. The summed E-state index contributed by atoms with van der Waals surface area (Å²) in [6.45, 7) is 9.57. The third-order valence-corrected chi connectivity index (χ3v) is 18.6. The van der Waals surface area contributed by atoms with Crippen molar-refractivity contribution in [1.29, 1.82) is 0 Å². The van der Waals surface area contributed by atoms with Crippen molar-refractivity contribution in [3.05, 3.63) is 0 Å². The summed E-state index contributed by atoms with van der Waals surface area (Å²) in [6.07, 6.45) is 49.9. The highest BCUT2D eigenvalue weighted by atomic mass is 31.2. The minimum absolute atomic E-state index is 0.107. The van der Waals surface area contributed by atoms with Crippen LogP contribution in [0, 0.1) is 11.8 Å². The second-order valence-corrected chi connectivity index (χ2v) is 29.8. The molecule has 540 valence electrons. The molecule has 0 aromatic carbocycles. The fraction of sp³-hybridized carbons (Fsp3) is 0.944. The van der Waals surface area contributed by atoms with Crippen LogP contribution in [-0.4, -0.2) is 96.7 Å². The van der Waals surface area contributed by atoms with E-state index in [1.54, 1.807) is 0 Å². The van der Waals surface area contributed by atoms with E-state index in [9.17, 15) is 43.2 Å². The molecule has 0 aliphatic carbocycles. The van der Waals surface area contributed by atoms with Crippen LogP contribution in [0.25, 0.3) is 0 Å². The number of rotatable bonds is 71. The van der Waals surface area contributed by atoms with E-state index in [-0.39, 0.29) is 25.7 Å². The topological polar surface area (TPSA) is 237 Å². The van der Waals surface area contributed by atoms with E-state index < -0.39 is 97.5 Å². The molecule has 0 aliphatic rings. The molecule has 5 atom stereocenters. The molecule has 19 heteroatoms. The first-order chi connectivity index (χ1) is 43.9. The summed E-state index contributed by atoms with van der Waals surface area (Å²) in [5.41, 5.74) is 0. The number of esters is 4. The van der Waals surface area contributed by atoms with Crippen LogP contribution in [0.3, 0.4) is 0 Å². The van der Waals surface area contributed by atoms with Crippen LogP contribution < -0.4 is 0 Å². The molecule has 0 amide bonds. The van der Waals surface area contributed by atoms with Crippen molar-refractivity contribution in [3.8, 4) is 0 Å². The van der Waals surface area contributed by atoms with Crippen LogP contribution in [0.15, 0.2) is 0 Å². The minimum Gasteiger partial charge on any atom is -0.462 e. The summed E-state index contributed by atoms with van der Waals surface area (Å²) in [4.78, 5) is 72.5. The van der Waals surface area contributed by atoms with Gasteiger partial charge in [-0.1, -0.05) is 318 Å². The van der Waals surface area contributed by atoms with Gasteiger partial charge < -0.3 is 33.8 Å². The zero-order chi connectivity index (χ0) is 67.2. The first kappa shape index (κ1) is 89.1. The SMILES string of the molecule is CCCCCCCCCCCCCC(=O)O[C@H](COC(=O)CCCCCCCCCC)COP(=O)(O)OC[C@H](O)COP(=O)(O)OC[C@@H](COC(=O)CCCCCCCCCCCCCCC(C)C)OC(=O)CCCCCCCCCCCCCCCCC(C)C. The number of carbonyl (C=O) groups is 4. The van der Waals surface area contributed by atoms with E-state index in [1.165, 1.54) is 180 Å². The van der Waals surface area contributed by atoms with Gasteiger partial charge in [0.1, 0.15) is 19.3 Å². The Bertz CT molecular complexity index is 1770. The Kier molecular flexibility index (Phi) is 62.7. The lowest BCUT2D eigenvalue weighted by Gasteiger charge is -2.21. The quantitative estimate of drug-likeness (QED) is 0.0222. The van der Waals surface area contributed by atoms with Crippen molar-refractivity contribution in [3.63, 3.8) is 0 Å². The third-order valence-electron chi connectivity index (χ3n) is 16.7. The fourth-order valence-corrected chi connectivity index (χ4v) is 12.5. The Morgan fingerprint density at radius 2 is 0.505 bits per heavy atom. The highest BCUT2D eigenvalue weighted by molar-refractivity contribution is 7.47. The Balaban J connectivity index is 5.22. The van der Waals surface area contributed by atoms with E-state index in [0.29, 0.717) is 25.7 Å². The number of carbonyl (C=O) groups excluding carboxylic acids is 4. The van der Waals surface area contributed by atoms with Gasteiger partial charge in [0.25, 0.3) is 0 Å². The number of phosphoric ester groups is 2. The van der Waals surface area contributed by atoms with E-state index in [1.807, 2.05) is 0 Å². The van der Waals surface area contributed by atoms with Crippen LogP contribution in [0.5, 0.6) is 0 Å². The van der Waals surface area contributed by atoms with E-state index in [4.69, 9.17) is 37.0 Å². The third kappa shape index (κ3) is 66.5. The Hall–Kier alpha value is -1.94. The molecule has 17 nitrogen and oxygen atoms in total. The van der Waals surface area contributed by atoms with E-state index in [0.717, 1.165) is 108 Å². The maximum atomic E-state index is 13.0. The molecule has 0 aromatic rings. The van der Waals surface area contributed by atoms with Crippen LogP contribution in [0.2, 0.25) is 0 Å². The average Bonchev–Trinajstić information content (AvgIpc) is 3.72. The minimum atomic E-state index is -4.95. The van der Waals surface area contributed by atoms with Gasteiger partial charge in [0.05, 0.1) is 26.4 Å². The number of aliphatic hydroxyl groups excluding tert-OH is 1. The number of phosphoric acid groups is 2. The Morgan fingerprint density at radius 1 is 0.297 bits per heavy atom. The molecule has 0 saturated carbocycles. The average molecular weight is 1340 g/mol. The van der Waals surface area contributed by atoms with Crippen LogP contribution in [0.4, 0.5) is 0 Å². The van der Waals surface area contributed by atoms with E-state index >= 15 is 0 Å². The Morgan fingerprint density at radius 3 is 0.747 bits per heavy atom. The van der Waals surface area contributed by atoms with Crippen molar-refractivity contribution >= 4 is 39.5 Å². The molecule has 0 radical (unpaired) electrons. The first-order valence-electron chi connectivity index (χ1n) is 37.5. The van der Waals surface area contributed by atoms with Gasteiger partial charge in [-0.05, 0) is 37.5 Å². The summed E-state index contributed by atoms with van der Waals surface area (Å²) in [5.74, 6) is -0.546. The van der Waals surface area contributed by atoms with E-state index in [2.05, 4.69) is 41.5 Å². The maximum absolute atomic E-state index is 13.0. The summed E-state index contributed by atoms with van der Waals surface area (Å²) in [7, 11) is -9.90. The number of aliphatic hydroxyl groups is 1. The van der Waals surface area contributed by atoms with Crippen molar-refractivity contribution in [2.45, 2.75) is 387 Å². The molecule has 0 aliphatic heterocycles. The summed E-state index contributed by atoms with van der Waals surface area (Å²) in [5, 5.41) is 10.6. The van der Waals surface area contributed by atoms with Gasteiger partial charge in [0, 0.05) is 25.7 Å². The van der Waals surface area contributed by atoms with Crippen molar-refractivity contribution < 1.29 is 80.2 Å². The molecule has 0 rings (SSSR count). The van der Waals surface area contributed by atoms with Gasteiger partial charge in [-0.2, -0.15) is 0 Å². The molecule has 0 saturated heterocycles. The fourth-order valence-electron chi connectivity index (χ4n) is 10.9. The molecule has 3 N–H and O–H groups in total. The largest absolute Gasteiger partial charge is 0.472 e. The predicted octanol–water partition coefficient (Wildman–Crippen LogP) is 20.8. The zero-order valence-corrected chi connectivity index (χ0v) is 60.9. The van der Waals surface area contributed by atoms with Gasteiger partial charge >= 0.3 is 39.5 Å². The van der Waals surface area contributed by atoms with Crippen molar-refractivity contribution in [2.75, 3.05) is 39.6 Å². The number of hydrogen-bond acceptors (Lipinski definition) is 15. The molecule has 91 heavy (non-hydrogen) atoms. The second kappa shape index (κ2) is 64.1. The summed E-state index contributed by atoms with van der Waals surface area (Å²) in [6, 6.07) is 0. The van der Waals surface area contributed by atoms with Gasteiger partial charge in [-0.15, -0.1) is 0 Å². The normalized spacial score (nSPS) is 14.1. The molecule has 2 unspecified atom stereocenters. The number of ether oxygens (including phenoxy) is 4. The van der Waals surface area contributed by atoms with Crippen molar-refractivity contribution in [2.24, 2.45) is 11.8 Å². The highest BCUT2D eigenvalue weighted by Crippen LogP contribution is 2.45. The van der Waals surface area contributed by atoms with Crippen LogP contribution in [-0.2, 0) is 65.4 Å². The number of hydrogen-bond donors (Lipinski definition) is 3. The molecular formula is C72H140O17P2. The monoisotopic (exact) mass is 1340 g/mol. The lowest BCUT2D eigenvalue weighted by Crippen LogP contribution is -2.30. The smallest absolute Gasteiger partial charge is 0.462 e. The Labute approximate surface area is 556 Å². The highest BCUT2D eigenvalue weighted by Gasteiger charge is 2.30. The molecular weight excluding hydrogens is 1200 g/mol. The molecule has 0 heterocycles. The van der Waals surface area contributed by atoms with Crippen LogP contribution in [0.1, 0.15) is 369 Å². The molecule has 0 spiro atoms. The van der Waals surface area contributed by atoms with Gasteiger partial charge in [-0.3, -0.25) is 37.3 Å². The summed E-state index contributed by atoms with van der Waals surface area (Å²) < 4.78 is 68.3. The standard InChI is InChI=1S/C72H140O17P2/c1-7-9-11-13-15-17-24-32-38-44-50-56-71(76)88-67(60-82-69(74)54-48-42-36-16-14-12-10-8-2)62-86-90(78,79)84-58-66(73)59-85-91(80,81)87-63-68(61-83-70(75)55-49-43-37-31-27-23-22-26-30-35-41-47-53-65(5)6)89-72(77)57-51-45-39-33-28-21-19-18-20-25-29-34-40-46-52-64(3)4/h64-68,73H,7-63H2,1-6H3,(H,78,79)(H,80,81)/t66-,67+,68+/m0/s1. The molecule has 0 bridgehead atoms. The zero-order valence-electron chi connectivity index (χ0n) is 59.1.